The lowest BCUT2D eigenvalue weighted by atomic mass is 10.1. The number of nitrogens with two attached hydrogens (primary N) is 1. The van der Waals surface area contributed by atoms with Crippen LogP contribution < -0.4 is 5.73 Å². The Balaban J connectivity index is 1.66. The van der Waals surface area contributed by atoms with Gasteiger partial charge in [-0.2, -0.15) is 0 Å². The predicted octanol–water partition coefficient (Wildman–Crippen LogP) is 1.76. The number of rotatable bonds is 9. The zero-order chi connectivity index (χ0) is 22.1. The van der Waals surface area contributed by atoms with Gasteiger partial charge >= 0.3 is 7.60 Å². The lowest BCUT2D eigenvalue weighted by Crippen LogP contribution is -2.32. The lowest BCUT2D eigenvalue weighted by Gasteiger charge is -2.23. The summed E-state index contributed by atoms with van der Waals surface area (Å²) in [4.78, 5) is 12.2. The Morgan fingerprint density at radius 1 is 1.20 bits per heavy atom. The van der Waals surface area contributed by atoms with Crippen molar-refractivity contribution < 1.29 is 28.6 Å². The largest absolute Gasteiger partial charge is 0.387 e. The Hall–Kier alpha value is -1.27. The number of aliphatic hydroxyl groups is 2. The number of aliphatic hydroxyl groups excluding tert-OH is 2. The molecule has 1 fully saturated rings. The van der Waals surface area contributed by atoms with Crippen LogP contribution in [0.5, 0.6) is 0 Å². The molecule has 0 saturated carbocycles. The first-order chi connectivity index (χ1) is 14.1. The number of aromatic nitrogens is 4. The summed E-state index contributed by atoms with van der Waals surface area (Å²) in [6.07, 6.45) is -1.70. The molecular weight excluding hydrogens is 433 g/mol. The first kappa shape index (κ1) is 23.4. The van der Waals surface area contributed by atoms with Gasteiger partial charge in [-0.05, 0) is 27.7 Å². The quantitative estimate of drug-likeness (QED) is 0.468. The van der Waals surface area contributed by atoms with Crippen molar-refractivity contribution in [3.63, 3.8) is 0 Å². The van der Waals surface area contributed by atoms with Gasteiger partial charge in [0.25, 0.3) is 0 Å². The van der Waals surface area contributed by atoms with Crippen LogP contribution in [0, 0.1) is 0 Å². The van der Waals surface area contributed by atoms with E-state index in [4.69, 9.17) is 19.5 Å². The van der Waals surface area contributed by atoms with Crippen molar-refractivity contribution in [2.75, 3.05) is 17.0 Å². The van der Waals surface area contributed by atoms with Crippen molar-refractivity contribution in [2.24, 2.45) is 0 Å². The van der Waals surface area contributed by atoms with E-state index >= 15 is 0 Å². The summed E-state index contributed by atoms with van der Waals surface area (Å²) in [5.41, 5.74) is 6.69. The second kappa shape index (κ2) is 9.47. The van der Waals surface area contributed by atoms with E-state index in [0.717, 1.165) is 0 Å². The second-order valence-electron chi connectivity index (χ2n) is 7.55. The van der Waals surface area contributed by atoms with E-state index in [1.807, 2.05) is 0 Å². The van der Waals surface area contributed by atoms with E-state index in [9.17, 15) is 14.8 Å². The zero-order valence-corrected chi connectivity index (χ0v) is 19.0. The summed E-state index contributed by atoms with van der Waals surface area (Å²) in [7, 11) is -3.31. The number of imidazole rings is 1. The number of fused-ring (bicyclic) bond motifs is 1. The van der Waals surface area contributed by atoms with Crippen molar-refractivity contribution in [2.45, 2.75) is 64.4 Å². The third kappa shape index (κ3) is 5.13. The van der Waals surface area contributed by atoms with Crippen LogP contribution in [0.3, 0.4) is 0 Å². The van der Waals surface area contributed by atoms with Crippen LogP contribution in [0.1, 0.15) is 33.9 Å². The van der Waals surface area contributed by atoms with Gasteiger partial charge in [0, 0.05) is 5.75 Å². The van der Waals surface area contributed by atoms with Crippen LogP contribution in [0.25, 0.3) is 11.2 Å². The summed E-state index contributed by atoms with van der Waals surface area (Å²) >= 11 is 1.27. The van der Waals surface area contributed by atoms with Gasteiger partial charge < -0.3 is 29.7 Å². The van der Waals surface area contributed by atoms with E-state index < -0.39 is 32.1 Å². The first-order valence-corrected chi connectivity index (χ1v) is 12.5. The number of thioether (sulfide) groups is 1. The van der Waals surface area contributed by atoms with Gasteiger partial charge in [-0.3, -0.25) is 9.13 Å². The number of hydrogen-bond donors (Lipinski definition) is 3. The van der Waals surface area contributed by atoms with E-state index in [1.54, 1.807) is 27.7 Å². The Morgan fingerprint density at radius 2 is 1.87 bits per heavy atom. The van der Waals surface area contributed by atoms with Crippen LogP contribution in [0.15, 0.2) is 12.7 Å². The van der Waals surface area contributed by atoms with Gasteiger partial charge in [0.15, 0.2) is 17.7 Å². The molecule has 3 heterocycles. The summed E-state index contributed by atoms with van der Waals surface area (Å²) in [6.45, 7) is 7.16. The van der Waals surface area contributed by atoms with Gasteiger partial charge in [-0.1, -0.05) is 0 Å². The van der Waals surface area contributed by atoms with Gasteiger partial charge in [0.1, 0.15) is 24.1 Å². The first-order valence-electron chi connectivity index (χ1n) is 9.59. The molecule has 2 aromatic rings. The Morgan fingerprint density at radius 3 is 2.50 bits per heavy atom. The number of nitrogen functional groups attached to an aromatic ring is 1. The molecule has 0 radical (unpaired) electrons. The highest BCUT2D eigenvalue weighted by Crippen LogP contribution is 2.53. The topological polar surface area (TPSA) is 155 Å². The molecule has 2 aromatic heterocycles. The van der Waals surface area contributed by atoms with Crippen molar-refractivity contribution in [3.8, 4) is 0 Å². The third-order valence-electron chi connectivity index (χ3n) is 4.27. The molecule has 4 atom stereocenters. The van der Waals surface area contributed by atoms with Gasteiger partial charge in [-0.25, -0.2) is 15.0 Å². The summed E-state index contributed by atoms with van der Waals surface area (Å²) < 4.78 is 31.4. The van der Waals surface area contributed by atoms with Crippen LogP contribution in [0.4, 0.5) is 5.82 Å². The molecule has 0 spiro atoms. The van der Waals surface area contributed by atoms with Crippen LogP contribution >= 0.6 is 19.4 Å². The number of ether oxygens (including phenoxy) is 1. The molecule has 1 saturated heterocycles. The van der Waals surface area contributed by atoms with Crippen molar-refractivity contribution in [3.05, 3.63) is 12.7 Å². The van der Waals surface area contributed by atoms with Crippen LogP contribution in [-0.4, -0.2) is 71.5 Å². The van der Waals surface area contributed by atoms with Crippen LogP contribution in [-0.2, 0) is 18.3 Å². The molecule has 168 valence electrons. The molecule has 4 N–H and O–H groups in total. The Kier molecular flexibility index (Phi) is 7.39. The minimum atomic E-state index is -3.31. The predicted molar refractivity (Wildman–Crippen MR) is 113 cm³/mol. The molecule has 11 nitrogen and oxygen atoms in total. The minimum absolute atomic E-state index is 0.106. The molecular formula is C17H28N5O6PS. The van der Waals surface area contributed by atoms with E-state index in [2.05, 4.69) is 15.0 Å². The van der Waals surface area contributed by atoms with E-state index in [1.165, 1.54) is 29.0 Å². The fourth-order valence-electron chi connectivity index (χ4n) is 3.16. The normalized spacial score (nSPS) is 25.1. The van der Waals surface area contributed by atoms with Gasteiger partial charge in [0.2, 0.25) is 0 Å². The molecule has 13 heteroatoms. The molecule has 0 amide bonds. The standard InChI is InChI=1S/C17H28N5O6PS/c1-9(2)27-29(25,28-10(3)4)8-30-5-11-13(23)14(24)17(26-11)22-7-21-12-15(18)19-6-20-16(12)22/h6-7,9-11,13-14,17,23-24H,5,8H2,1-4H3,(H2,18,19,20)/t11-,13-,14-,17-/m1/s1. The molecule has 1 aliphatic rings. The minimum Gasteiger partial charge on any atom is -0.387 e. The maximum Gasteiger partial charge on any atom is 0.340 e. The summed E-state index contributed by atoms with van der Waals surface area (Å²) in [5.74, 6) is 0.496. The summed E-state index contributed by atoms with van der Waals surface area (Å²) in [6, 6.07) is 0. The Bertz CT molecular complexity index is 898. The average Bonchev–Trinajstić information content (AvgIpc) is 3.17. The smallest absolute Gasteiger partial charge is 0.340 e. The van der Waals surface area contributed by atoms with E-state index in [-0.39, 0.29) is 29.3 Å². The van der Waals surface area contributed by atoms with Crippen molar-refractivity contribution in [1.29, 1.82) is 0 Å². The maximum absolute atomic E-state index is 12.9. The van der Waals surface area contributed by atoms with Crippen molar-refractivity contribution >= 4 is 36.3 Å². The summed E-state index contributed by atoms with van der Waals surface area (Å²) in [5, 5.41) is 21.0. The molecule has 3 rings (SSSR count). The number of hydrogen-bond acceptors (Lipinski definition) is 11. The Labute approximate surface area is 178 Å². The molecule has 0 aliphatic carbocycles. The monoisotopic (exact) mass is 461 g/mol. The molecule has 0 unspecified atom stereocenters. The highest BCUT2D eigenvalue weighted by Gasteiger charge is 2.44. The SMILES string of the molecule is CC(C)OP(=O)(CSC[C@H]1O[C@@H](n2cnc3c(N)ncnc32)[C@H](O)[C@@H]1O)OC(C)C. The number of nitrogens with zero attached hydrogens (tertiary/aromatic N) is 4. The highest BCUT2D eigenvalue weighted by molar-refractivity contribution is 8.04. The average molecular weight is 461 g/mol. The zero-order valence-electron chi connectivity index (χ0n) is 17.3. The fourth-order valence-corrected chi connectivity index (χ4v) is 6.81. The van der Waals surface area contributed by atoms with Gasteiger partial charge in [0.05, 0.1) is 30.1 Å². The van der Waals surface area contributed by atoms with E-state index in [0.29, 0.717) is 11.2 Å². The van der Waals surface area contributed by atoms with Crippen LogP contribution in [0.2, 0.25) is 0 Å². The second-order valence-corrected chi connectivity index (χ2v) is 11.0. The maximum atomic E-state index is 12.9. The molecule has 1 aliphatic heterocycles. The third-order valence-corrected chi connectivity index (χ3v) is 8.32. The van der Waals surface area contributed by atoms with Gasteiger partial charge in [-0.15, -0.1) is 11.8 Å². The fraction of sp³-hybridized carbons (Fsp3) is 0.706. The molecule has 0 aromatic carbocycles. The highest BCUT2D eigenvalue weighted by atomic mass is 32.2. The number of anilines is 1. The van der Waals surface area contributed by atoms with Crippen molar-refractivity contribution in [1.82, 2.24) is 19.5 Å². The molecule has 30 heavy (non-hydrogen) atoms. The molecule has 0 bridgehead atoms. The lowest BCUT2D eigenvalue weighted by molar-refractivity contribution is -0.0288.